The minimum atomic E-state index is -0.175. The lowest BCUT2D eigenvalue weighted by Gasteiger charge is -2.07. The average molecular weight is 227 g/mol. The first-order valence-corrected chi connectivity index (χ1v) is 5.25. The highest BCUT2D eigenvalue weighted by atomic mass is 16.1. The number of pyridine rings is 1. The van der Waals surface area contributed by atoms with Crippen LogP contribution in [0, 0.1) is 6.92 Å². The molecule has 0 aliphatic rings. The SMILES string of the molecule is Cc1cc(N)cnc1NC(=O)c1ccccc1. The van der Waals surface area contributed by atoms with E-state index < -0.39 is 0 Å². The molecule has 1 aromatic heterocycles. The molecule has 0 atom stereocenters. The minimum Gasteiger partial charge on any atom is -0.397 e. The van der Waals surface area contributed by atoms with Gasteiger partial charge in [0, 0.05) is 5.56 Å². The normalized spacial score (nSPS) is 9.94. The van der Waals surface area contributed by atoms with Crippen molar-refractivity contribution in [2.24, 2.45) is 0 Å². The van der Waals surface area contributed by atoms with Gasteiger partial charge in [-0.05, 0) is 30.7 Å². The predicted molar refractivity (Wildman–Crippen MR) is 67.8 cm³/mol. The van der Waals surface area contributed by atoms with Gasteiger partial charge in [0.1, 0.15) is 5.82 Å². The lowest BCUT2D eigenvalue weighted by atomic mass is 10.2. The van der Waals surface area contributed by atoms with Crippen molar-refractivity contribution in [2.45, 2.75) is 6.92 Å². The largest absolute Gasteiger partial charge is 0.397 e. The smallest absolute Gasteiger partial charge is 0.256 e. The van der Waals surface area contributed by atoms with E-state index in [9.17, 15) is 4.79 Å². The van der Waals surface area contributed by atoms with Crippen LogP contribution in [0.25, 0.3) is 0 Å². The Hall–Kier alpha value is -2.36. The summed E-state index contributed by atoms with van der Waals surface area (Å²) in [5.74, 6) is 0.360. The fraction of sp³-hybridized carbons (Fsp3) is 0.0769. The molecule has 4 nitrogen and oxygen atoms in total. The van der Waals surface area contributed by atoms with Crippen molar-refractivity contribution in [1.82, 2.24) is 4.98 Å². The van der Waals surface area contributed by atoms with E-state index in [0.717, 1.165) is 5.56 Å². The molecule has 0 spiro atoms. The van der Waals surface area contributed by atoms with E-state index in [2.05, 4.69) is 10.3 Å². The number of amides is 1. The minimum absolute atomic E-state index is 0.175. The fourth-order valence-electron chi connectivity index (χ4n) is 1.50. The summed E-state index contributed by atoms with van der Waals surface area (Å²) >= 11 is 0. The number of nitrogens with two attached hydrogens (primary N) is 1. The number of carbonyl (C=O) groups excluding carboxylic acids is 1. The molecule has 2 aromatic rings. The van der Waals surface area contributed by atoms with Crippen LogP contribution in [0.15, 0.2) is 42.6 Å². The van der Waals surface area contributed by atoms with Gasteiger partial charge in [-0.15, -0.1) is 0 Å². The van der Waals surface area contributed by atoms with E-state index in [1.54, 1.807) is 18.2 Å². The summed E-state index contributed by atoms with van der Waals surface area (Å²) in [6.07, 6.45) is 1.52. The van der Waals surface area contributed by atoms with E-state index >= 15 is 0 Å². The molecule has 4 heteroatoms. The van der Waals surface area contributed by atoms with E-state index in [4.69, 9.17) is 5.73 Å². The van der Waals surface area contributed by atoms with Crippen LogP contribution in [-0.2, 0) is 0 Å². The molecule has 0 fully saturated rings. The van der Waals surface area contributed by atoms with Gasteiger partial charge in [0.05, 0.1) is 11.9 Å². The molecule has 0 aliphatic carbocycles. The zero-order chi connectivity index (χ0) is 12.3. The molecule has 1 aromatic carbocycles. The lowest BCUT2D eigenvalue weighted by molar-refractivity contribution is 0.102. The predicted octanol–water partition coefficient (Wildman–Crippen LogP) is 2.22. The van der Waals surface area contributed by atoms with E-state index in [-0.39, 0.29) is 5.91 Å². The first kappa shape index (κ1) is 11.1. The van der Waals surface area contributed by atoms with Crippen molar-refractivity contribution >= 4 is 17.4 Å². The van der Waals surface area contributed by atoms with Crippen molar-refractivity contribution in [3.63, 3.8) is 0 Å². The Bertz CT molecular complexity index is 538. The van der Waals surface area contributed by atoms with Crippen LogP contribution in [0.2, 0.25) is 0 Å². The lowest BCUT2D eigenvalue weighted by Crippen LogP contribution is -2.13. The maximum atomic E-state index is 11.9. The van der Waals surface area contributed by atoms with Crippen LogP contribution in [-0.4, -0.2) is 10.9 Å². The van der Waals surface area contributed by atoms with Gasteiger partial charge in [-0.2, -0.15) is 0 Å². The molecule has 0 saturated carbocycles. The second-order valence-electron chi connectivity index (χ2n) is 3.75. The molecule has 3 N–H and O–H groups in total. The van der Waals surface area contributed by atoms with Crippen molar-refractivity contribution in [1.29, 1.82) is 0 Å². The Morgan fingerprint density at radius 3 is 2.65 bits per heavy atom. The summed E-state index contributed by atoms with van der Waals surface area (Å²) in [4.78, 5) is 16.0. The number of anilines is 2. The first-order valence-electron chi connectivity index (χ1n) is 5.25. The number of hydrogen-bond acceptors (Lipinski definition) is 3. The Balaban J connectivity index is 2.19. The maximum Gasteiger partial charge on any atom is 0.256 e. The van der Waals surface area contributed by atoms with Crippen LogP contribution >= 0.6 is 0 Å². The van der Waals surface area contributed by atoms with Crippen molar-refractivity contribution in [3.05, 3.63) is 53.7 Å². The van der Waals surface area contributed by atoms with Crippen molar-refractivity contribution < 1.29 is 4.79 Å². The van der Waals surface area contributed by atoms with Crippen LogP contribution in [0.1, 0.15) is 15.9 Å². The molecule has 17 heavy (non-hydrogen) atoms. The first-order chi connectivity index (χ1) is 8.16. The highest BCUT2D eigenvalue weighted by Gasteiger charge is 2.07. The molecular weight excluding hydrogens is 214 g/mol. The van der Waals surface area contributed by atoms with Gasteiger partial charge in [0.2, 0.25) is 0 Å². The Morgan fingerprint density at radius 2 is 2.00 bits per heavy atom. The molecule has 0 aliphatic heterocycles. The van der Waals surface area contributed by atoms with Gasteiger partial charge in [0.25, 0.3) is 5.91 Å². The summed E-state index contributed by atoms with van der Waals surface area (Å²) in [6, 6.07) is 10.8. The standard InChI is InChI=1S/C13H13N3O/c1-9-7-11(14)8-15-12(9)16-13(17)10-5-3-2-4-6-10/h2-8H,14H2,1H3,(H,15,16,17). The number of rotatable bonds is 2. The summed E-state index contributed by atoms with van der Waals surface area (Å²) < 4.78 is 0. The number of nitrogens with one attached hydrogen (secondary N) is 1. The number of nitrogen functional groups attached to an aromatic ring is 1. The number of aryl methyl sites for hydroxylation is 1. The molecular formula is C13H13N3O. The number of hydrogen-bond donors (Lipinski definition) is 2. The van der Waals surface area contributed by atoms with Gasteiger partial charge in [-0.3, -0.25) is 4.79 Å². The van der Waals surface area contributed by atoms with E-state index in [1.165, 1.54) is 6.20 Å². The Morgan fingerprint density at radius 1 is 1.29 bits per heavy atom. The maximum absolute atomic E-state index is 11.9. The van der Waals surface area contributed by atoms with Crippen LogP contribution in [0.5, 0.6) is 0 Å². The van der Waals surface area contributed by atoms with Crippen LogP contribution < -0.4 is 11.1 Å². The van der Waals surface area contributed by atoms with E-state index in [1.807, 2.05) is 25.1 Å². The highest BCUT2D eigenvalue weighted by Crippen LogP contribution is 2.14. The number of nitrogens with zero attached hydrogens (tertiary/aromatic N) is 1. The van der Waals surface area contributed by atoms with Gasteiger partial charge >= 0.3 is 0 Å². The molecule has 0 bridgehead atoms. The number of carbonyl (C=O) groups is 1. The molecule has 0 unspecified atom stereocenters. The summed E-state index contributed by atoms with van der Waals surface area (Å²) in [5, 5.41) is 2.75. The zero-order valence-electron chi connectivity index (χ0n) is 9.47. The molecule has 2 rings (SSSR count). The number of aromatic nitrogens is 1. The monoisotopic (exact) mass is 227 g/mol. The highest BCUT2D eigenvalue weighted by molar-refractivity contribution is 6.04. The third-order valence-corrected chi connectivity index (χ3v) is 2.37. The fourth-order valence-corrected chi connectivity index (χ4v) is 1.50. The van der Waals surface area contributed by atoms with Crippen molar-refractivity contribution in [3.8, 4) is 0 Å². The van der Waals surface area contributed by atoms with Crippen LogP contribution in [0.3, 0.4) is 0 Å². The Labute approximate surface area is 99.5 Å². The van der Waals surface area contributed by atoms with Crippen molar-refractivity contribution in [2.75, 3.05) is 11.1 Å². The molecule has 1 amide bonds. The third kappa shape index (κ3) is 2.60. The van der Waals surface area contributed by atoms with Gasteiger partial charge in [-0.1, -0.05) is 18.2 Å². The topological polar surface area (TPSA) is 68.0 Å². The van der Waals surface area contributed by atoms with Gasteiger partial charge < -0.3 is 11.1 Å². The number of benzene rings is 1. The summed E-state index contributed by atoms with van der Waals surface area (Å²) in [7, 11) is 0. The Kier molecular flexibility index (Phi) is 3.05. The van der Waals surface area contributed by atoms with Crippen LogP contribution in [0.4, 0.5) is 11.5 Å². The average Bonchev–Trinajstić information content (AvgIpc) is 2.34. The van der Waals surface area contributed by atoms with Gasteiger partial charge in [-0.25, -0.2) is 4.98 Å². The van der Waals surface area contributed by atoms with E-state index in [0.29, 0.717) is 17.1 Å². The zero-order valence-corrected chi connectivity index (χ0v) is 9.47. The third-order valence-electron chi connectivity index (χ3n) is 2.37. The second kappa shape index (κ2) is 4.65. The second-order valence-corrected chi connectivity index (χ2v) is 3.75. The summed E-state index contributed by atoms with van der Waals surface area (Å²) in [5.41, 5.74) is 7.62. The quantitative estimate of drug-likeness (QED) is 0.826. The van der Waals surface area contributed by atoms with Gasteiger partial charge in [0.15, 0.2) is 0 Å². The molecule has 1 heterocycles. The summed E-state index contributed by atoms with van der Waals surface area (Å²) in [6.45, 7) is 1.85. The molecule has 0 saturated heterocycles. The molecule has 0 radical (unpaired) electrons. The molecule has 86 valence electrons.